The molecule has 0 aliphatic rings. The number of ether oxygens (including phenoxy) is 1. The summed E-state index contributed by atoms with van der Waals surface area (Å²) < 4.78 is 4.76. The summed E-state index contributed by atoms with van der Waals surface area (Å²) in [6.45, 7) is 0.872. The number of nitrogens with one attached hydrogen (secondary N) is 2. The minimum Gasteiger partial charge on any atom is -0.381 e. The predicted molar refractivity (Wildman–Crippen MR) is 78.6 cm³/mol. The SMILES string of the molecule is COCC(=O)Nc1ccc(NCc2ccsc2)cc1. The van der Waals surface area contributed by atoms with E-state index in [-0.39, 0.29) is 12.5 Å². The van der Waals surface area contributed by atoms with Crippen LogP contribution in [0.5, 0.6) is 0 Å². The van der Waals surface area contributed by atoms with E-state index < -0.39 is 0 Å². The fraction of sp³-hybridized carbons (Fsp3) is 0.214. The molecule has 5 heteroatoms. The van der Waals surface area contributed by atoms with Gasteiger partial charge in [-0.25, -0.2) is 0 Å². The smallest absolute Gasteiger partial charge is 0.250 e. The Morgan fingerprint density at radius 2 is 1.95 bits per heavy atom. The number of benzene rings is 1. The van der Waals surface area contributed by atoms with Crippen molar-refractivity contribution in [3.05, 3.63) is 46.7 Å². The van der Waals surface area contributed by atoms with Crippen LogP contribution in [0.2, 0.25) is 0 Å². The molecule has 0 fully saturated rings. The highest BCUT2D eigenvalue weighted by Gasteiger charge is 2.01. The van der Waals surface area contributed by atoms with Gasteiger partial charge >= 0.3 is 0 Å². The zero-order valence-corrected chi connectivity index (χ0v) is 11.5. The molecule has 0 saturated heterocycles. The number of methoxy groups -OCH3 is 1. The number of amides is 1. The molecule has 4 nitrogen and oxygen atoms in total. The van der Waals surface area contributed by atoms with Crippen LogP contribution >= 0.6 is 11.3 Å². The van der Waals surface area contributed by atoms with Gasteiger partial charge in [-0.15, -0.1) is 0 Å². The molecular weight excluding hydrogens is 260 g/mol. The topological polar surface area (TPSA) is 50.4 Å². The lowest BCUT2D eigenvalue weighted by Gasteiger charge is -2.07. The zero-order valence-electron chi connectivity index (χ0n) is 10.7. The third-order valence-electron chi connectivity index (χ3n) is 2.52. The summed E-state index contributed by atoms with van der Waals surface area (Å²) in [7, 11) is 1.50. The minimum absolute atomic E-state index is 0.0676. The van der Waals surface area contributed by atoms with E-state index in [1.165, 1.54) is 12.7 Å². The monoisotopic (exact) mass is 276 g/mol. The normalized spacial score (nSPS) is 10.2. The van der Waals surface area contributed by atoms with Crippen molar-refractivity contribution in [2.45, 2.75) is 6.54 Å². The molecule has 1 heterocycles. The van der Waals surface area contributed by atoms with Crippen LogP contribution in [0, 0.1) is 0 Å². The van der Waals surface area contributed by atoms with Crippen molar-refractivity contribution in [1.29, 1.82) is 0 Å². The van der Waals surface area contributed by atoms with E-state index in [1.807, 2.05) is 24.3 Å². The second-order valence-corrected chi connectivity index (χ2v) is 4.82. The molecule has 0 atom stereocenters. The number of carbonyl (C=O) groups excluding carboxylic acids is 1. The molecule has 2 aromatic rings. The molecule has 1 amide bonds. The van der Waals surface area contributed by atoms with Crippen LogP contribution in [0.1, 0.15) is 5.56 Å². The van der Waals surface area contributed by atoms with Crippen LogP contribution in [0.4, 0.5) is 11.4 Å². The van der Waals surface area contributed by atoms with Crippen LogP contribution in [0.15, 0.2) is 41.1 Å². The molecular formula is C14H16N2O2S. The average Bonchev–Trinajstić information content (AvgIpc) is 2.91. The number of hydrogen-bond donors (Lipinski definition) is 2. The molecule has 0 aliphatic heterocycles. The van der Waals surface area contributed by atoms with E-state index in [4.69, 9.17) is 4.74 Å². The van der Waals surface area contributed by atoms with Gasteiger partial charge in [0.25, 0.3) is 0 Å². The Morgan fingerprint density at radius 3 is 2.58 bits per heavy atom. The maximum atomic E-state index is 11.3. The van der Waals surface area contributed by atoms with Crippen LogP contribution in [-0.2, 0) is 16.1 Å². The van der Waals surface area contributed by atoms with Crippen molar-refractivity contribution in [1.82, 2.24) is 0 Å². The van der Waals surface area contributed by atoms with Crippen molar-refractivity contribution < 1.29 is 9.53 Å². The highest BCUT2D eigenvalue weighted by atomic mass is 32.1. The Labute approximate surface area is 116 Å². The first kappa shape index (κ1) is 13.6. The van der Waals surface area contributed by atoms with Gasteiger partial charge in [-0.3, -0.25) is 4.79 Å². The number of carbonyl (C=O) groups is 1. The van der Waals surface area contributed by atoms with Crippen molar-refractivity contribution in [2.75, 3.05) is 24.4 Å². The molecule has 0 saturated carbocycles. The Hall–Kier alpha value is -1.85. The van der Waals surface area contributed by atoms with Gasteiger partial charge in [0.1, 0.15) is 6.61 Å². The van der Waals surface area contributed by atoms with Gasteiger partial charge in [-0.1, -0.05) is 0 Å². The van der Waals surface area contributed by atoms with Crippen molar-refractivity contribution in [3.8, 4) is 0 Å². The molecule has 2 N–H and O–H groups in total. The van der Waals surface area contributed by atoms with Gasteiger partial charge in [-0.2, -0.15) is 11.3 Å². The lowest BCUT2D eigenvalue weighted by Crippen LogP contribution is -2.16. The summed E-state index contributed by atoms with van der Waals surface area (Å²) in [6, 6.07) is 9.70. The van der Waals surface area contributed by atoms with Crippen LogP contribution in [0.25, 0.3) is 0 Å². The molecule has 0 aliphatic carbocycles. The molecule has 2 rings (SSSR count). The second-order valence-electron chi connectivity index (χ2n) is 4.04. The van der Waals surface area contributed by atoms with Gasteiger partial charge in [0.05, 0.1) is 0 Å². The minimum atomic E-state index is -0.151. The Kier molecular flexibility index (Phi) is 4.94. The summed E-state index contributed by atoms with van der Waals surface area (Å²) in [6.07, 6.45) is 0. The number of anilines is 2. The second kappa shape index (κ2) is 6.92. The first-order valence-corrected chi connectivity index (χ1v) is 6.86. The van der Waals surface area contributed by atoms with E-state index >= 15 is 0 Å². The van der Waals surface area contributed by atoms with Gasteiger partial charge in [-0.05, 0) is 46.7 Å². The van der Waals surface area contributed by atoms with Crippen molar-refractivity contribution in [3.63, 3.8) is 0 Å². The van der Waals surface area contributed by atoms with Gasteiger partial charge < -0.3 is 15.4 Å². The fourth-order valence-corrected chi connectivity index (χ4v) is 2.27. The summed E-state index contributed by atoms with van der Waals surface area (Å²) >= 11 is 1.69. The molecule has 1 aromatic carbocycles. The Balaban J connectivity index is 1.85. The molecule has 100 valence electrons. The van der Waals surface area contributed by atoms with Gasteiger partial charge in [0.15, 0.2) is 0 Å². The lowest BCUT2D eigenvalue weighted by molar-refractivity contribution is -0.119. The van der Waals surface area contributed by atoms with E-state index in [9.17, 15) is 4.79 Å². The maximum absolute atomic E-state index is 11.3. The van der Waals surface area contributed by atoms with Crippen LogP contribution in [0.3, 0.4) is 0 Å². The van der Waals surface area contributed by atoms with Crippen molar-refractivity contribution in [2.24, 2.45) is 0 Å². The molecule has 0 spiro atoms. The van der Waals surface area contributed by atoms with E-state index in [1.54, 1.807) is 11.3 Å². The third kappa shape index (κ3) is 4.39. The van der Waals surface area contributed by atoms with E-state index in [0.29, 0.717) is 0 Å². The highest BCUT2D eigenvalue weighted by molar-refractivity contribution is 7.07. The Morgan fingerprint density at radius 1 is 1.21 bits per heavy atom. The van der Waals surface area contributed by atoms with E-state index in [2.05, 4.69) is 27.5 Å². The number of thiophene rings is 1. The summed E-state index contributed by atoms with van der Waals surface area (Å²) in [5.74, 6) is -0.151. The predicted octanol–water partition coefficient (Wildman–Crippen LogP) is 2.95. The Bertz CT molecular complexity index is 509. The first-order valence-electron chi connectivity index (χ1n) is 5.92. The van der Waals surface area contributed by atoms with Crippen LogP contribution < -0.4 is 10.6 Å². The third-order valence-corrected chi connectivity index (χ3v) is 3.25. The molecule has 1 aromatic heterocycles. The lowest BCUT2D eigenvalue weighted by atomic mass is 10.2. The molecule has 0 bridgehead atoms. The zero-order chi connectivity index (χ0) is 13.5. The standard InChI is InChI=1S/C14H16N2O2S/c1-18-9-14(17)16-13-4-2-12(3-5-13)15-8-11-6-7-19-10-11/h2-7,10,15H,8-9H2,1H3,(H,16,17). The van der Waals surface area contributed by atoms with Crippen molar-refractivity contribution >= 4 is 28.6 Å². The summed E-state index contributed by atoms with van der Waals surface area (Å²) in [5, 5.41) is 10.3. The molecule has 0 unspecified atom stereocenters. The highest BCUT2D eigenvalue weighted by Crippen LogP contribution is 2.15. The van der Waals surface area contributed by atoms with Crippen LogP contribution in [-0.4, -0.2) is 19.6 Å². The molecule has 19 heavy (non-hydrogen) atoms. The number of rotatable bonds is 6. The van der Waals surface area contributed by atoms with E-state index in [0.717, 1.165) is 17.9 Å². The quantitative estimate of drug-likeness (QED) is 0.853. The number of hydrogen-bond acceptors (Lipinski definition) is 4. The average molecular weight is 276 g/mol. The fourth-order valence-electron chi connectivity index (χ4n) is 1.60. The van der Waals surface area contributed by atoms with Gasteiger partial charge in [0, 0.05) is 25.0 Å². The largest absolute Gasteiger partial charge is 0.381 e. The van der Waals surface area contributed by atoms with Gasteiger partial charge in [0.2, 0.25) is 5.91 Å². The maximum Gasteiger partial charge on any atom is 0.250 e. The first-order chi connectivity index (χ1) is 9.28. The molecule has 0 radical (unpaired) electrons. The summed E-state index contributed by atoms with van der Waals surface area (Å²) in [4.78, 5) is 11.3. The summed E-state index contributed by atoms with van der Waals surface area (Å²) in [5.41, 5.74) is 3.06.